The molecule has 1 aliphatic carbocycles. The van der Waals surface area contributed by atoms with Gasteiger partial charge in [-0.1, -0.05) is 36.8 Å². The van der Waals surface area contributed by atoms with Crippen molar-refractivity contribution >= 4 is 39.9 Å². The molecular weight excluding hydrogens is 498 g/mol. The summed E-state index contributed by atoms with van der Waals surface area (Å²) in [6.45, 7) is 4.37. The summed E-state index contributed by atoms with van der Waals surface area (Å²) in [4.78, 5) is 35.2. The summed E-state index contributed by atoms with van der Waals surface area (Å²) in [5.41, 5.74) is 2.52. The number of ether oxygens (including phenoxy) is 1. The Bertz CT molecular complexity index is 1360. The van der Waals surface area contributed by atoms with E-state index in [-0.39, 0.29) is 24.1 Å². The molecule has 1 amide bonds. The second-order valence-electron chi connectivity index (χ2n) is 9.49. The number of rotatable bonds is 7. The molecule has 9 nitrogen and oxygen atoms in total. The Morgan fingerprint density at radius 3 is 2.69 bits per heavy atom. The minimum Gasteiger partial charge on any atom is -0.381 e. The van der Waals surface area contributed by atoms with Crippen molar-refractivity contribution in [2.75, 3.05) is 7.11 Å². The standard InChI is InChI=1S/C25H28ClN7O2S/c1-14(2)7-22-32-19-12-29-18(23-27-5-4-6-28-23)11-20(19)33(22)16-8-15(9-17(10-16)35-3)31-24(34)25-30-13-21(26)36-25/h4-6,11-17H,7-10H2,1-3H3,(H,31,34)/t15-,16+,17+/m1/s1. The van der Waals surface area contributed by atoms with Crippen LogP contribution in [-0.4, -0.2) is 54.6 Å². The number of hydrogen-bond acceptors (Lipinski definition) is 8. The van der Waals surface area contributed by atoms with Gasteiger partial charge >= 0.3 is 0 Å². The number of amides is 1. The van der Waals surface area contributed by atoms with Gasteiger partial charge in [-0.05, 0) is 37.3 Å². The number of imidazole rings is 1. The first-order chi connectivity index (χ1) is 17.4. The summed E-state index contributed by atoms with van der Waals surface area (Å²) in [6, 6.07) is 3.81. The molecule has 1 saturated carbocycles. The maximum absolute atomic E-state index is 12.8. The fourth-order valence-electron chi connectivity index (χ4n) is 4.88. The quantitative estimate of drug-likeness (QED) is 0.371. The van der Waals surface area contributed by atoms with Crippen molar-refractivity contribution in [3.8, 4) is 11.5 Å². The summed E-state index contributed by atoms with van der Waals surface area (Å²) in [6.07, 6.45) is 9.85. The van der Waals surface area contributed by atoms with E-state index in [0.717, 1.165) is 42.5 Å². The molecule has 188 valence electrons. The van der Waals surface area contributed by atoms with Gasteiger partial charge in [0.2, 0.25) is 0 Å². The number of carbonyl (C=O) groups is 1. The fraction of sp³-hybridized carbons (Fsp3) is 0.440. The normalized spacial score (nSPS) is 20.2. The van der Waals surface area contributed by atoms with Crippen LogP contribution in [0.4, 0.5) is 0 Å². The first-order valence-corrected chi connectivity index (χ1v) is 13.2. The maximum Gasteiger partial charge on any atom is 0.280 e. The SMILES string of the molecule is CO[C@H]1C[C@H](NC(=O)c2ncc(Cl)s2)C[C@H](n2c(CC(C)C)nc3cnc(-c4ncccn4)cc32)C1. The zero-order valence-corrected chi connectivity index (χ0v) is 22.0. The maximum atomic E-state index is 12.8. The van der Waals surface area contributed by atoms with Crippen LogP contribution in [0.1, 0.15) is 54.8 Å². The molecule has 0 unspecified atom stereocenters. The Morgan fingerprint density at radius 1 is 1.19 bits per heavy atom. The van der Waals surface area contributed by atoms with Crippen molar-refractivity contribution in [3.63, 3.8) is 0 Å². The number of carbonyl (C=O) groups excluding carboxylic acids is 1. The van der Waals surface area contributed by atoms with E-state index in [9.17, 15) is 4.79 Å². The van der Waals surface area contributed by atoms with Gasteiger partial charge < -0.3 is 14.6 Å². The van der Waals surface area contributed by atoms with Crippen molar-refractivity contribution in [3.05, 3.63) is 52.1 Å². The van der Waals surface area contributed by atoms with Crippen molar-refractivity contribution < 1.29 is 9.53 Å². The predicted octanol–water partition coefficient (Wildman–Crippen LogP) is 4.74. The van der Waals surface area contributed by atoms with Crippen LogP contribution in [0.3, 0.4) is 0 Å². The zero-order chi connectivity index (χ0) is 25.2. The molecule has 0 radical (unpaired) electrons. The van der Waals surface area contributed by atoms with E-state index < -0.39 is 0 Å². The minimum atomic E-state index is -0.210. The van der Waals surface area contributed by atoms with E-state index >= 15 is 0 Å². The van der Waals surface area contributed by atoms with Crippen molar-refractivity contribution in [2.45, 2.75) is 57.7 Å². The van der Waals surface area contributed by atoms with E-state index in [1.807, 2.05) is 6.07 Å². The average molecular weight is 526 g/mol. The third kappa shape index (κ3) is 5.25. The molecule has 0 aliphatic heterocycles. The summed E-state index contributed by atoms with van der Waals surface area (Å²) >= 11 is 7.16. The van der Waals surface area contributed by atoms with E-state index in [4.69, 9.17) is 21.3 Å². The smallest absolute Gasteiger partial charge is 0.280 e. The highest BCUT2D eigenvalue weighted by atomic mass is 35.5. The molecule has 1 aliphatic rings. The lowest BCUT2D eigenvalue weighted by atomic mass is 9.88. The van der Waals surface area contributed by atoms with Crippen LogP contribution in [0.5, 0.6) is 0 Å². The van der Waals surface area contributed by atoms with Gasteiger partial charge in [-0.25, -0.2) is 19.9 Å². The molecule has 0 saturated heterocycles. The summed E-state index contributed by atoms with van der Waals surface area (Å²) in [5.74, 6) is 1.80. The third-order valence-electron chi connectivity index (χ3n) is 6.38. The Morgan fingerprint density at radius 2 is 2.00 bits per heavy atom. The van der Waals surface area contributed by atoms with E-state index in [2.05, 4.69) is 43.7 Å². The number of nitrogens with one attached hydrogen (secondary N) is 1. The number of fused-ring (bicyclic) bond motifs is 1. The van der Waals surface area contributed by atoms with Gasteiger partial charge in [-0.15, -0.1) is 0 Å². The third-order valence-corrected chi connectivity index (χ3v) is 7.49. The summed E-state index contributed by atoms with van der Waals surface area (Å²) in [5, 5.41) is 3.52. The second-order valence-corrected chi connectivity index (χ2v) is 11.1. The largest absolute Gasteiger partial charge is 0.381 e. The van der Waals surface area contributed by atoms with Crippen LogP contribution in [-0.2, 0) is 11.2 Å². The van der Waals surface area contributed by atoms with Crippen LogP contribution >= 0.6 is 22.9 Å². The van der Waals surface area contributed by atoms with Crippen molar-refractivity contribution in [1.82, 2.24) is 34.8 Å². The molecule has 36 heavy (non-hydrogen) atoms. The van der Waals surface area contributed by atoms with Crippen LogP contribution < -0.4 is 5.32 Å². The lowest BCUT2D eigenvalue weighted by molar-refractivity contribution is 0.0390. The highest BCUT2D eigenvalue weighted by molar-refractivity contribution is 7.17. The number of aromatic nitrogens is 6. The van der Waals surface area contributed by atoms with Gasteiger partial charge in [-0.2, -0.15) is 0 Å². The van der Waals surface area contributed by atoms with Crippen LogP contribution in [0.2, 0.25) is 4.34 Å². The molecule has 5 rings (SSSR count). The van der Waals surface area contributed by atoms with Gasteiger partial charge in [0.05, 0.1) is 24.0 Å². The van der Waals surface area contributed by atoms with Gasteiger partial charge in [0.25, 0.3) is 5.91 Å². The minimum absolute atomic E-state index is 0.00273. The molecule has 0 aromatic carbocycles. The van der Waals surface area contributed by atoms with Crippen molar-refractivity contribution in [2.24, 2.45) is 5.92 Å². The molecular formula is C25H28ClN7O2S. The lowest BCUT2D eigenvalue weighted by Crippen LogP contribution is -2.43. The molecule has 0 bridgehead atoms. The molecule has 4 aromatic heterocycles. The Labute approximate surface area is 218 Å². The van der Waals surface area contributed by atoms with Gasteiger partial charge in [-0.3, -0.25) is 9.78 Å². The lowest BCUT2D eigenvalue weighted by Gasteiger charge is -2.36. The highest BCUT2D eigenvalue weighted by Gasteiger charge is 2.33. The first-order valence-electron chi connectivity index (χ1n) is 12.0. The highest BCUT2D eigenvalue weighted by Crippen LogP contribution is 2.35. The van der Waals surface area contributed by atoms with E-state index in [0.29, 0.717) is 26.8 Å². The Balaban J connectivity index is 1.51. The number of thiazole rings is 1. The second kappa shape index (κ2) is 10.6. The number of pyridine rings is 1. The van der Waals surface area contributed by atoms with Crippen LogP contribution in [0.25, 0.3) is 22.6 Å². The first kappa shape index (κ1) is 24.7. The molecule has 1 fully saturated rings. The number of nitrogens with zero attached hydrogens (tertiary/aromatic N) is 6. The average Bonchev–Trinajstić information content (AvgIpc) is 3.46. The molecule has 11 heteroatoms. The summed E-state index contributed by atoms with van der Waals surface area (Å²) < 4.78 is 8.62. The Hall–Kier alpha value is -2.95. The Kier molecular flexibility index (Phi) is 7.27. The molecule has 4 aromatic rings. The van der Waals surface area contributed by atoms with Crippen LogP contribution in [0.15, 0.2) is 36.9 Å². The van der Waals surface area contributed by atoms with E-state index in [1.165, 1.54) is 17.5 Å². The van der Waals surface area contributed by atoms with Crippen molar-refractivity contribution in [1.29, 1.82) is 0 Å². The monoisotopic (exact) mass is 525 g/mol. The predicted molar refractivity (Wildman–Crippen MR) is 139 cm³/mol. The fourth-order valence-corrected chi connectivity index (χ4v) is 5.70. The summed E-state index contributed by atoms with van der Waals surface area (Å²) in [7, 11) is 1.72. The molecule has 3 atom stereocenters. The van der Waals surface area contributed by atoms with Crippen LogP contribution in [0, 0.1) is 5.92 Å². The van der Waals surface area contributed by atoms with Gasteiger partial charge in [0.1, 0.15) is 21.4 Å². The number of halogens is 1. The number of methoxy groups -OCH3 is 1. The zero-order valence-electron chi connectivity index (χ0n) is 20.4. The molecule has 4 heterocycles. The number of hydrogen-bond donors (Lipinski definition) is 1. The molecule has 1 N–H and O–H groups in total. The van der Waals surface area contributed by atoms with Gasteiger partial charge in [0, 0.05) is 38.0 Å². The van der Waals surface area contributed by atoms with E-state index in [1.54, 1.807) is 31.8 Å². The topological polar surface area (TPSA) is 108 Å². The molecule has 0 spiro atoms. The van der Waals surface area contributed by atoms with Gasteiger partial charge in [0.15, 0.2) is 10.8 Å².